The number of sulfonamides is 1. The van der Waals surface area contributed by atoms with E-state index in [2.05, 4.69) is 4.90 Å². The summed E-state index contributed by atoms with van der Waals surface area (Å²) in [5.41, 5.74) is 0. The van der Waals surface area contributed by atoms with Gasteiger partial charge in [-0.3, -0.25) is 9.69 Å². The highest BCUT2D eigenvalue weighted by Gasteiger charge is 2.37. The summed E-state index contributed by atoms with van der Waals surface area (Å²) in [4.78, 5) is 17.3. The minimum atomic E-state index is -3.51. The third kappa shape index (κ3) is 4.56. The minimum absolute atomic E-state index is 0.0821. The fourth-order valence-electron chi connectivity index (χ4n) is 4.71. The number of carbonyl (C=O) groups excluding carboxylic acids is 1. The molecule has 3 heterocycles. The molecule has 0 bridgehead atoms. The van der Waals surface area contributed by atoms with Gasteiger partial charge in [-0.25, -0.2) is 16.8 Å². The molecule has 0 aliphatic carbocycles. The highest BCUT2D eigenvalue weighted by Crippen LogP contribution is 2.26. The molecule has 1 aromatic carbocycles. The number of benzene rings is 1. The van der Waals surface area contributed by atoms with Gasteiger partial charge in [0.1, 0.15) is 0 Å². The molecule has 8 nitrogen and oxygen atoms in total. The lowest BCUT2D eigenvalue weighted by molar-refractivity contribution is -0.138. The van der Waals surface area contributed by atoms with Crippen molar-refractivity contribution < 1.29 is 21.6 Å². The van der Waals surface area contributed by atoms with Crippen molar-refractivity contribution in [1.82, 2.24) is 14.1 Å². The molecule has 3 fully saturated rings. The van der Waals surface area contributed by atoms with E-state index in [-0.39, 0.29) is 29.4 Å². The van der Waals surface area contributed by atoms with Gasteiger partial charge in [-0.2, -0.15) is 4.31 Å². The molecule has 0 N–H and O–H groups in total. The van der Waals surface area contributed by atoms with Crippen LogP contribution in [0.1, 0.15) is 19.3 Å². The Hall–Kier alpha value is -1.49. The van der Waals surface area contributed by atoms with Crippen LogP contribution < -0.4 is 0 Å². The predicted octanol–water partition coefficient (Wildman–Crippen LogP) is 0.419. The second-order valence-corrected chi connectivity index (χ2v) is 12.6. The molecule has 1 amide bonds. The Morgan fingerprint density at radius 2 is 1.53 bits per heavy atom. The molecular formula is C20H29N3O5S2. The van der Waals surface area contributed by atoms with Crippen molar-refractivity contribution >= 4 is 25.8 Å². The van der Waals surface area contributed by atoms with Crippen LogP contribution in [0.15, 0.2) is 35.2 Å². The lowest BCUT2D eigenvalue weighted by atomic mass is 9.96. The number of hydrogen-bond acceptors (Lipinski definition) is 6. The van der Waals surface area contributed by atoms with Crippen molar-refractivity contribution in [3.8, 4) is 0 Å². The van der Waals surface area contributed by atoms with E-state index in [4.69, 9.17) is 0 Å². The molecule has 3 saturated heterocycles. The van der Waals surface area contributed by atoms with E-state index in [0.29, 0.717) is 63.4 Å². The predicted molar refractivity (Wildman–Crippen MR) is 113 cm³/mol. The first kappa shape index (κ1) is 21.7. The van der Waals surface area contributed by atoms with Gasteiger partial charge in [-0.05, 0) is 31.4 Å². The number of rotatable bonds is 4. The number of carbonyl (C=O) groups is 1. The first-order valence-corrected chi connectivity index (χ1v) is 13.8. The van der Waals surface area contributed by atoms with Gasteiger partial charge in [0.15, 0.2) is 9.84 Å². The van der Waals surface area contributed by atoms with Gasteiger partial charge in [0, 0.05) is 51.2 Å². The van der Waals surface area contributed by atoms with Gasteiger partial charge in [0.25, 0.3) is 0 Å². The lowest BCUT2D eigenvalue weighted by Crippen LogP contribution is -2.54. The van der Waals surface area contributed by atoms with Crippen LogP contribution in [-0.2, 0) is 24.7 Å². The van der Waals surface area contributed by atoms with Gasteiger partial charge < -0.3 is 4.90 Å². The maximum absolute atomic E-state index is 13.0. The van der Waals surface area contributed by atoms with E-state index in [1.165, 1.54) is 4.31 Å². The average Bonchev–Trinajstić information content (AvgIpc) is 3.14. The van der Waals surface area contributed by atoms with Crippen LogP contribution in [0.4, 0.5) is 0 Å². The van der Waals surface area contributed by atoms with Crippen LogP contribution in [0.3, 0.4) is 0 Å². The SMILES string of the molecule is O=C(C1CCN(S(=O)(=O)c2ccccc2)CC1)N1CCN([C@H]2CCS(=O)(=O)C2)CC1. The number of piperidine rings is 1. The van der Waals surface area contributed by atoms with Crippen LogP contribution in [-0.4, -0.2) is 93.7 Å². The third-order valence-electron chi connectivity index (χ3n) is 6.53. The van der Waals surface area contributed by atoms with Crippen LogP contribution >= 0.6 is 0 Å². The molecule has 0 unspecified atom stereocenters. The first-order valence-electron chi connectivity index (χ1n) is 10.5. The highest BCUT2D eigenvalue weighted by atomic mass is 32.2. The van der Waals surface area contributed by atoms with E-state index >= 15 is 0 Å². The Morgan fingerprint density at radius 1 is 0.900 bits per heavy atom. The van der Waals surface area contributed by atoms with Crippen LogP contribution in [0.2, 0.25) is 0 Å². The van der Waals surface area contributed by atoms with E-state index in [0.717, 1.165) is 0 Å². The summed E-state index contributed by atoms with van der Waals surface area (Å²) < 4.78 is 50.4. The highest BCUT2D eigenvalue weighted by molar-refractivity contribution is 7.91. The minimum Gasteiger partial charge on any atom is -0.340 e. The summed E-state index contributed by atoms with van der Waals surface area (Å²) in [6.07, 6.45) is 1.75. The quantitative estimate of drug-likeness (QED) is 0.653. The number of hydrogen-bond donors (Lipinski definition) is 0. The van der Waals surface area contributed by atoms with Crippen LogP contribution in [0.25, 0.3) is 0 Å². The van der Waals surface area contributed by atoms with Crippen molar-refractivity contribution in [2.75, 3.05) is 50.8 Å². The van der Waals surface area contributed by atoms with Gasteiger partial charge in [-0.1, -0.05) is 18.2 Å². The Bertz CT molecular complexity index is 965. The second kappa shape index (κ2) is 8.57. The molecule has 30 heavy (non-hydrogen) atoms. The maximum Gasteiger partial charge on any atom is 0.243 e. The van der Waals surface area contributed by atoms with E-state index in [1.807, 2.05) is 4.90 Å². The maximum atomic E-state index is 13.0. The molecule has 0 aromatic heterocycles. The van der Waals surface area contributed by atoms with E-state index in [9.17, 15) is 21.6 Å². The zero-order chi connectivity index (χ0) is 21.4. The number of nitrogens with zero attached hydrogens (tertiary/aromatic N) is 3. The summed E-state index contributed by atoms with van der Waals surface area (Å²) >= 11 is 0. The summed E-state index contributed by atoms with van der Waals surface area (Å²) in [6.45, 7) is 3.33. The Morgan fingerprint density at radius 3 is 2.10 bits per heavy atom. The van der Waals surface area contributed by atoms with Gasteiger partial charge >= 0.3 is 0 Å². The number of amides is 1. The van der Waals surface area contributed by atoms with Crippen molar-refractivity contribution in [1.29, 1.82) is 0 Å². The topological polar surface area (TPSA) is 95.1 Å². The van der Waals surface area contributed by atoms with Crippen molar-refractivity contribution in [3.63, 3.8) is 0 Å². The summed E-state index contributed by atoms with van der Waals surface area (Å²) in [5, 5.41) is 0. The molecule has 10 heteroatoms. The van der Waals surface area contributed by atoms with Gasteiger partial charge in [0.2, 0.25) is 15.9 Å². The van der Waals surface area contributed by atoms with Crippen molar-refractivity contribution in [2.45, 2.75) is 30.2 Å². The molecule has 0 radical (unpaired) electrons. The average molecular weight is 456 g/mol. The fourth-order valence-corrected chi connectivity index (χ4v) is 7.97. The van der Waals surface area contributed by atoms with Crippen molar-refractivity contribution in [2.24, 2.45) is 5.92 Å². The molecule has 0 saturated carbocycles. The largest absolute Gasteiger partial charge is 0.340 e. The summed E-state index contributed by atoms with van der Waals surface area (Å²) in [6, 6.07) is 8.49. The number of piperazine rings is 1. The fraction of sp³-hybridized carbons (Fsp3) is 0.650. The zero-order valence-electron chi connectivity index (χ0n) is 17.0. The third-order valence-corrected chi connectivity index (χ3v) is 10.2. The van der Waals surface area contributed by atoms with Gasteiger partial charge in [0.05, 0.1) is 16.4 Å². The summed E-state index contributed by atoms with van der Waals surface area (Å²) in [5.74, 6) is 0.451. The Labute approximate surface area is 178 Å². The molecule has 4 rings (SSSR count). The molecule has 0 spiro atoms. The smallest absolute Gasteiger partial charge is 0.243 e. The normalized spacial score (nSPS) is 26.7. The number of sulfone groups is 1. The monoisotopic (exact) mass is 455 g/mol. The second-order valence-electron chi connectivity index (χ2n) is 8.41. The Balaban J connectivity index is 1.28. The standard InChI is InChI=1S/C20H29N3O5S2/c24-20(22-13-11-21(12-14-22)18-8-15-29(25,26)16-18)17-6-9-23(10-7-17)30(27,28)19-4-2-1-3-5-19/h1-5,17-18H,6-16H2/t18-/m0/s1. The molecule has 3 aliphatic rings. The van der Waals surface area contributed by atoms with Crippen LogP contribution in [0.5, 0.6) is 0 Å². The van der Waals surface area contributed by atoms with Crippen molar-refractivity contribution in [3.05, 3.63) is 30.3 Å². The molecule has 166 valence electrons. The van der Waals surface area contributed by atoms with Gasteiger partial charge in [-0.15, -0.1) is 0 Å². The van der Waals surface area contributed by atoms with E-state index in [1.54, 1.807) is 30.3 Å². The zero-order valence-corrected chi connectivity index (χ0v) is 18.7. The first-order chi connectivity index (χ1) is 14.3. The molecular weight excluding hydrogens is 426 g/mol. The molecule has 1 aromatic rings. The van der Waals surface area contributed by atoms with E-state index < -0.39 is 19.9 Å². The summed E-state index contributed by atoms with van der Waals surface area (Å²) in [7, 11) is -6.41. The molecule has 1 atom stereocenters. The molecule has 3 aliphatic heterocycles. The Kier molecular flexibility index (Phi) is 6.20. The lowest BCUT2D eigenvalue weighted by Gasteiger charge is -2.40. The van der Waals surface area contributed by atoms with Crippen LogP contribution in [0, 0.1) is 5.92 Å².